The molecule has 0 spiro atoms. The SMILES string of the molecule is Cc1noc(-c2ccc(C(=O)N3CCC(C(=O)N4CCCCCC4)CC3)cc2)n1. The first kappa shape index (κ1) is 19.6. The van der Waals surface area contributed by atoms with Crippen molar-refractivity contribution in [3.63, 3.8) is 0 Å². The zero-order valence-corrected chi connectivity index (χ0v) is 17.0. The van der Waals surface area contributed by atoms with Crippen molar-refractivity contribution < 1.29 is 14.1 Å². The van der Waals surface area contributed by atoms with Crippen molar-refractivity contribution in [1.29, 1.82) is 0 Å². The summed E-state index contributed by atoms with van der Waals surface area (Å²) in [6, 6.07) is 7.25. The molecule has 2 aliphatic rings. The fraction of sp³-hybridized carbons (Fsp3) is 0.545. The second-order valence-electron chi connectivity index (χ2n) is 8.03. The largest absolute Gasteiger partial charge is 0.342 e. The summed E-state index contributed by atoms with van der Waals surface area (Å²) in [5.41, 5.74) is 1.44. The van der Waals surface area contributed by atoms with Gasteiger partial charge in [0.2, 0.25) is 5.91 Å². The van der Waals surface area contributed by atoms with Gasteiger partial charge in [-0.3, -0.25) is 9.59 Å². The molecule has 0 bridgehead atoms. The van der Waals surface area contributed by atoms with E-state index in [1.54, 1.807) is 19.1 Å². The average Bonchev–Trinajstić information content (AvgIpc) is 3.02. The topological polar surface area (TPSA) is 79.5 Å². The van der Waals surface area contributed by atoms with Gasteiger partial charge in [0.05, 0.1) is 0 Å². The Morgan fingerprint density at radius 3 is 2.17 bits per heavy atom. The van der Waals surface area contributed by atoms with E-state index in [9.17, 15) is 9.59 Å². The van der Waals surface area contributed by atoms with Crippen LogP contribution in [-0.2, 0) is 4.79 Å². The molecule has 2 aliphatic heterocycles. The van der Waals surface area contributed by atoms with E-state index in [2.05, 4.69) is 10.1 Å². The summed E-state index contributed by atoms with van der Waals surface area (Å²) in [6.45, 7) is 4.82. The molecule has 2 aromatic rings. The summed E-state index contributed by atoms with van der Waals surface area (Å²) in [5, 5.41) is 3.79. The highest BCUT2D eigenvalue weighted by Gasteiger charge is 2.30. The minimum absolute atomic E-state index is 0.0129. The number of aromatic nitrogens is 2. The third-order valence-electron chi connectivity index (χ3n) is 5.96. The van der Waals surface area contributed by atoms with Gasteiger partial charge in [0.25, 0.3) is 11.8 Å². The number of aryl methyl sites for hydroxylation is 1. The van der Waals surface area contributed by atoms with Crippen LogP contribution in [0.5, 0.6) is 0 Å². The molecule has 0 radical (unpaired) electrons. The quantitative estimate of drug-likeness (QED) is 0.795. The first-order chi connectivity index (χ1) is 14.1. The third kappa shape index (κ3) is 4.49. The highest BCUT2D eigenvalue weighted by molar-refractivity contribution is 5.94. The van der Waals surface area contributed by atoms with Crippen molar-refractivity contribution in [2.24, 2.45) is 5.92 Å². The van der Waals surface area contributed by atoms with E-state index in [-0.39, 0.29) is 11.8 Å². The van der Waals surface area contributed by atoms with E-state index in [0.29, 0.717) is 36.3 Å². The molecule has 0 aliphatic carbocycles. The van der Waals surface area contributed by atoms with Gasteiger partial charge in [-0.25, -0.2) is 0 Å². The van der Waals surface area contributed by atoms with Crippen molar-refractivity contribution in [3.8, 4) is 11.5 Å². The van der Waals surface area contributed by atoms with Gasteiger partial charge in [0, 0.05) is 43.2 Å². The Labute approximate surface area is 171 Å². The Kier molecular flexibility index (Phi) is 5.92. The van der Waals surface area contributed by atoms with Gasteiger partial charge < -0.3 is 14.3 Å². The Hall–Kier alpha value is -2.70. The molecule has 1 aromatic heterocycles. The Morgan fingerprint density at radius 1 is 0.931 bits per heavy atom. The van der Waals surface area contributed by atoms with E-state index in [1.165, 1.54) is 12.8 Å². The molecule has 7 nitrogen and oxygen atoms in total. The summed E-state index contributed by atoms with van der Waals surface area (Å²) in [7, 11) is 0. The fourth-order valence-corrected chi connectivity index (χ4v) is 4.23. The Bertz CT molecular complexity index is 845. The smallest absolute Gasteiger partial charge is 0.257 e. The maximum Gasteiger partial charge on any atom is 0.257 e. The van der Waals surface area contributed by atoms with Crippen molar-refractivity contribution >= 4 is 11.8 Å². The number of rotatable bonds is 3. The van der Waals surface area contributed by atoms with Crippen LogP contribution in [-0.4, -0.2) is 57.9 Å². The Morgan fingerprint density at radius 2 is 1.59 bits per heavy atom. The molecule has 2 fully saturated rings. The maximum atomic E-state index is 12.9. The highest BCUT2D eigenvalue weighted by Crippen LogP contribution is 2.24. The Balaban J connectivity index is 1.33. The van der Waals surface area contributed by atoms with Crippen LogP contribution in [0.4, 0.5) is 0 Å². The molecular weight excluding hydrogens is 368 g/mol. The summed E-state index contributed by atoms with van der Waals surface area (Å²) in [5.74, 6) is 1.39. The third-order valence-corrected chi connectivity index (χ3v) is 5.96. The summed E-state index contributed by atoms with van der Waals surface area (Å²) in [6.07, 6.45) is 6.18. The zero-order valence-electron chi connectivity index (χ0n) is 17.0. The van der Waals surface area contributed by atoms with Gasteiger partial charge in [0.15, 0.2) is 5.82 Å². The minimum atomic E-state index is 0.0129. The monoisotopic (exact) mass is 396 g/mol. The predicted molar refractivity (Wildman–Crippen MR) is 108 cm³/mol. The molecule has 4 rings (SSSR count). The number of piperidine rings is 1. The number of carbonyl (C=O) groups excluding carboxylic acids is 2. The lowest BCUT2D eigenvalue weighted by molar-refractivity contribution is -0.136. The molecule has 29 heavy (non-hydrogen) atoms. The summed E-state index contributed by atoms with van der Waals surface area (Å²) >= 11 is 0. The van der Waals surface area contributed by atoms with Gasteiger partial charge in [-0.15, -0.1) is 0 Å². The molecular formula is C22H28N4O3. The van der Waals surface area contributed by atoms with Crippen LogP contribution in [0.25, 0.3) is 11.5 Å². The number of amides is 2. The van der Waals surface area contributed by atoms with Crippen LogP contribution < -0.4 is 0 Å². The molecule has 0 saturated carbocycles. The number of hydrogen-bond acceptors (Lipinski definition) is 5. The molecule has 0 atom stereocenters. The van der Waals surface area contributed by atoms with Crippen molar-refractivity contribution in [2.45, 2.75) is 45.4 Å². The molecule has 1 aromatic carbocycles. The maximum absolute atomic E-state index is 12.9. The molecule has 7 heteroatoms. The minimum Gasteiger partial charge on any atom is -0.342 e. The number of likely N-dealkylation sites (tertiary alicyclic amines) is 2. The zero-order chi connectivity index (χ0) is 20.2. The lowest BCUT2D eigenvalue weighted by Crippen LogP contribution is -2.44. The van der Waals surface area contributed by atoms with Gasteiger partial charge in [-0.1, -0.05) is 18.0 Å². The number of nitrogens with zero attached hydrogens (tertiary/aromatic N) is 4. The van der Waals surface area contributed by atoms with Crippen LogP contribution in [0.15, 0.2) is 28.8 Å². The van der Waals surface area contributed by atoms with Crippen molar-refractivity contribution in [3.05, 3.63) is 35.7 Å². The molecule has 154 valence electrons. The van der Waals surface area contributed by atoms with Gasteiger partial charge in [-0.05, 0) is 56.9 Å². The van der Waals surface area contributed by atoms with Gasteiger partial charge in [0.1, 0.15) is 0 Å². The normalized spacial score (nSPS) is 18.5. The molecule has 3 heterocycles. The molecule has 0 unspecified atom stereocenters. The van der Waals surface area contributed by atoms with E-state index >= 15 is 0 Å². The number of hydrogen-bond donors (Lipinski definition) is 0. The molecule has 2 saturated heterocycles. The van der Waals surface area contributed by atoms with Crippen LogP contribution in [0.3, 0.4) is 0 Å². The van der Waals surface area contributed by atoms with Crippen LogP contribution in [0.2, 0.25) is 0 Å². The standard InChI is InChI=1S/C22H28N4O3/c1-16-23-20(29-24-16)17-6-8-18(9-7-17)21(27)26-14-10-19(11-15-26)22(28)25-12-4-2-3-5-13-25/h6-9,19H,2-5,10-15H2,1H3. The van der Waals surface area contributed by atoms with Gasteiger partial charge in [-0.2, -0.15) is 4.98 Å². The molecule has 0 N–H and O–H groups in total. The van der Waals surface area contributed by atoms with Crippen molar-refractivity contribution in [2.75, 3.05) is 26.2 Å². The lowest BCUT2D eigenvalue weighted by Gasteiger charge is -2.34. The summed E-state index contributed by atoms with van der Waals surface area (Å²) < 4.78 is 5.17. The average molecular weight is 396 g/mol. The predicted octanol–water partition coefficient (Wildman–Crippen LogP) is 3.30. The number of benzene rings is 1. The highest BCUT2D eigenvalue weighted by atomic mass is 16.5. The van der Waals surface area contributed by atoms with Gasteiger partial charge >= 0.3 is 0 Å². The molecule has 2 amide bonds. The lowest BCUT2D eigenvalue weighted by atomic mass is 9.94. The van der Waals surface area contributed by atoms with E-state index in [0.717, 1.165) is 44.3 Å². The van der Waals surface area contributed by atoms with Crippen LogP contribution in [0, 0.1) is 12.8 Å². The number of carbonyl (C=O) groups is 2. The van der Waals surface area contributed by atoms with E-state index < -0.39 is 0 Å². The first-order valence-corrected chi connectivity index (χ1v) is 10.6. The van der Waals surface area contributed by atoms with E-state index in [1.807, 2.05) is 21.9 Å². The second-order valence-corrected chi connectivity index (χ2v) is 8.03. The van der Waals surface area contributed by atoms with Crippen LogP contribution >= 0.6 is 0 Å². The first-order valence-electron chi connectivity index (χ1n) is 10.6. The van der Waals surface area contributed by atoms with Crippen LogP contribution in [0.1, 0.15) is 54.7 Å². The fourth-order valence-electron chi connectivity index (χ4n) is 4.23. The summed E-state index contributed by atoms with van der Waals surface area (Å²) in [4.78, 5) is 33.8. The second kappa shape index (κ2) is 8.76. The van der Waals surface area contributed by atoms with Crippen molar-refractivity contribution in [1.82, 2.24) is 19.9 Å². The van der Waals surface area contributed by atoms with E-state index in [4.69, 9.17) is 4.52 Å².